The van der Waals surface area contributed by atoms with E-state index in [1.165, 1.54) is 6.07 Å². The lowest BCUT2D eigenvalue weighted by Crippen LogP contribution is -2.14. The summed E-state index contributed by atoms with van der Waals surface area (Å²) >= 11 is 5.82. The highest BCUT2D eigenvalue weighted by atomic mass is 35.5. The minimum absolute atomic E-state index is 0.0487. The van der Waals surface area contributed by atoms with Crippen LogP contribution in [0.15, 0.2) is 35.5 Å². The highest BCUT2D eigenvalue weighted by Crippen LogP contribution is 2.25. The lowest BCUT2D eigenvalue weighted by atomic mass is 10.3. The Morgan fingerprint density at radius 2 is 1.95 bits per heavy atom. The molecule has 0 spiro atoms. The summed E-state index contributed by atoms with van der Waals surface area (Å²) in [6.07, 6.45) is 2.31. The van der Waals surface area contributed by atoms with Gasteiger partial charge in [0.15, 0.2) is 0 Å². The van der Waals surface area contributed by atoms with Crippen LogP contribution in [0.4, 0.5) is 16.0 Å². The predicted molar refractivity (Wildman–Crippen MR) is 78.4 cm³/mol. The third-order valence-electron chi connectivity index (χ3n) is 2.45. The van der Waals surface area contributed by atoms with Crippen LogP contribution in [-0.2, 0) is 10.0 Å². The summed E-state index contributed by atoms with van der Waals surface area (Å²) in [5.74, 6) is -0.281. The van der Waals surface area contributed by atoms with Crippen molar-refractivity contribution in [3.63, 3.8) is 0 Å². The van der Waals surface area contributed by atoms with Crippen LogP contribution in [0.3, 0.4) is 0 Å². The van der Waals surface area contributed by atoms with E-state index >= 15 is 0 Å². The molecule has 0 saturated heterocycles. The van der Waals surface area contributed by atoms with Crippen LogP contribution in [0.5, 0.6) is 0 Å². The van der Waals surface area contributed by atoms with Crippen LogP contribution in [0, 0.1) is 5.82 Å². The van der Waals surface area contributed by atoms with Gasteiger partial charge < -0.3 is 5.32 Å². The molecule has 1 aromatic heterocycles. The molecule has 0 fully saturated rings. The molecule has 0 amide bonds. The van der Waals surface area contributed by atoms with Gasteiger partial charge in [-0.15, -0.1) is 0 Å². The van der Waals surface area contributed by atoms with Crippen molar-refractivity contribution in [2.24, 2.45) is 0 Å². The maximum atomic E-state index is 13.1. The Hall–Kier alpha value is -1.93. The minimum Gasteiger partial charge on any atom is -0.355 e. The second kappa shape index (κ2) is 6.23. The molecular weight excluding hydrogens is 319 g/mol. The Kier molecular flexibility index (Phi) is 4.59. The fraction of sp³-hybridized carbons (Fsp3) is 0.167. The highest BCUT2D eigenvalue weighted by Gasteiger charge is 2.17. The number of sulfonamides is 1. The largest absolute Gasteiger partial charge is 0.355 e. The summed E-state index contributed by atoms with van der Waals surface area (Å²) in [5.41, 5.74) is -0.0487. The van der Waals surface area contributed by atoms with E-state index in [2.05, 4.69) is 20.0 Å². The summed E-state index contributed by atoms with van der Waals surface area (Å²) < 4.78 is 39.6. The second-order valence-corrected chi connectivity index (χ2v) is 6.09. The molecule has 2 rings (SSSR count). The molecule has 0 aliphatic carbocycles. The molecule has 0 radical (unpaired) electrons. The SMILES string of the molecule is CCNc1ncc(S(=O)(=O)Nc2cc(F)ccc2Cl)cn1. The van der Waals surface area contributed by atoms with E-state index < -0.39 is 15.8 Å². The third kappa shape index (κ3) is 3.79. The fourth-order valence-electron chi connectivity index (χ4n) is 1.48. The van der Waals surface area contributed by atoms with Crippen molar-refractivity contribution in [2.45, 2.75) is 11.8 Å². The van der Waals surface area contributed by atoms with Crippen LogP contribution in [0.1, 0.15) is 6.92 Å². The van der Waals surface area contributed by atoms with Crippen LogP contribution in [0.25, 0.3) is 0 Å². The molecule has 2 aromatic rings. The number of nitrogens with one attached hydrogen (secondary N) is 2. The van der Waals surface area contributed by atoms with Crippen LogP contribution in [-0.4, -0.2) is 24.9 Å². The van der Waals surface area contributed by atoms with Gasteiger partial charge in [-0.2, -0.15) is 0 Å². The third-order valence-corrected chi connectivity index (χ3v) is 4.10. The molecule has 112 valence electrons. The number of rotatable bonds is 5. The average molecular weight is 331 g/mol. The van der Waals surface area contributed by atoms with Gasteiger partial charge in [0.2, 0.25) is 5.95 Å². The van der Waals surface area contributed by atoms with Gasteiger partial charge >= 0.3 is 0 Å². The molecule has 0 aliphatic heterocycles. The van der Waals surface area contributed by atoms with Gasteiger partial charge in [0.1, 0.15) is 10.7 Å². The van der Waals surface area contributed by atoms with Crippen molar-refractivity contribution >= 4 is 33.3 Å². The summed E-state index contributed by atoms with van der Waals surface area (Å²) in [5, 5.41) is 2.93. The van der Waals surface area contributed by atoms with E-state index in [4.69, 9.17) is 11.6 Å². The first-order chi connectivity index (χ1) is 9.92. The van der Waals surface area contributed by atoms with E-state index in [-0.39, 0.29) is 15.6 Å². The summed E-state index contributed by atoms with van der Waals surface area (Å²) in [7, 11) is -3.94. The second-order valence-electron chi connectivity index (χ2n) is 4.00. The molecule has 1 aromatic carbocycles. The van der Waals surface area contributed by atoms with Gasteiger partial charge in [-0.1, -0.05) is 11.6 Å². The van der Waals surface area contributed by atoms with Crippen molar-refractivity contribution in [1.29, 1.82) is 0 Å². The van der Waals surface area contributed by atoms with Crippen molar-refractivity contribution in [3.8, 4) is 0 Å². The molecule has 0 aliphatic rings. The first kappa shape index (κ1) is 15.5. The van der Waals surface area contributed by atoms with E-state index in [1.807, 2.05) is 6.92 Å². The standard InChI is InChI=1S/C12H12ClFN4O2S/c1-2-15-12-16-6-9(7-17-12)21(19,20)18-11-5-8(14)3-4-10(11)13/h3-7,18H,2H2,1H3,(H,15,16,17). The lowest BCUT2D eigenvalue weighted by Gasteiger charge is -2.09. The Labute approximate surface area is 126 Å². The monoisotopic (exact) mass is 330 g/mol. The summed E-state index contributed by atoms with van der Waals surface area (Å²) in [6, 6.07) is 3.39. The van der Waals surface area contributed by atoms with Gasteiger partial charge in [0.05, 0.1) is 23.1 Å². The number of benzene rings is 1. The van der Waals surface area contributed by atoms with Crippen molar-refractivity contribution in [1.82, 2.24) is 9.97 Å². The highest BCUT2D eigenvalue weighted by molar-refractivity contribution is 7.92. The molecule has 9 heteroatoms. The maximum Gasteiger partial charge on any atom is 0.265 e. The van der Waals surface area contributed by atoms with E-state index in [0.29, 0.717) is 12.5 Å². The molecular formula is C12H12ClFN4O2S. The number of hydrogen-bond acceptors (Lipinski definition) is 5. The Balaban J connectivity index is 2.27. The quantitative estimate of drug-likeness (QED) is 0.880. The molecule has 0 bridgehead atoms. The van der Waals surface area contributed by atoms with Gasteiger partial charge in [0.25, 0.3) is 10.0 Å². The molecule has 0 saturated carbocycles. The summed E-state index contributed by atoms with van der Waals surface area (Å²) in [6.45, 7) is 2.48. The van der Waals surface area contributed by atoms with Crippen molar-refractivity contribution < 1.29 is 12.8 Å². The average Bonchev–Trinajstić information content (AvgIpc) is 2.44. The number of nitrogens with zero attached hydrogens (tertiary/aromatic N) is 2. The topological polar surface area (TPSA) is 84.0 Å². The van der Waals surface area contributed by atoms with Crippen LogP contribution in [0.2, 0.25) is 5.02 Å². The van der Waals surface area contributed by atoms with Gasteiger partial charge in [-0.05, 0) is 25.1 Å². The molecule has 1 heterocycles. The lowest BCUT2D eigenvalue weighted by molar-refractivity contribution is 0.600. The molecule has 6 nitrogen and oxygen atoms in total. The molecule has 0 unspecified atom stereocenters. The predicted octanol–water partition coefficient (Wildman–Crippen LogP) is 2.50. The molecule has 0 atom stereocenters. The van der Waals surface area contributed by atoms with Gasteiger partial charge in [-0.25, -0.2) is 22.8 Å². The Bertz CT molecular complexity index is 737. The normalized spacial score (nSPS) is 11.2. The first-order valence-corrected chi connectivity index (χ1v) is 7.82. The van der Waals surface area contributed by atoms with Gasteiger partial charge in [-0.3, -0.25) is 4.72 Å². The zero-order valence-electron chi connectivity index (χ0n) is 11.0. The van der Waals surface area contributed by atoms with Crippen molar-refractivity contribution in [3.05, 3.63) is 41.4 Å². The van der Waals surface area contributed by atoms with E-state index in [1.54, 1.807) is 0 Å². The molecule has 2 N–H and O–H groups in total. The fourth-order valence-corrected chi connectivity index (χ4v) is 2.66. The van der Waals surface area contributed by atoms with Crippen molar-refractivity contribution in [2.75, 3.05) is 16.6 Å². The van der Waals surface area contributed by atoms with E-state index in [9.17, 15) is 12.8 Å². The molecule has 21 heavy (non-hydrogen) atoms. The number of hydrogen-bond donors (Lipinski definition) is 2. The number of halogens is 2. The van der Waals surface area contributed by atoms with Crippen LogP contribution < -0.4 is 10.0 Å². The summed E-state index contributed by atoms with van der Waals surface area (Å²) in [4.78, 5) is 7.59. The maximum absolute atomic E-state index is 13.1. The van der Waals surface area contributed by atoms with Gasteiger partial charge in [0, 0.05) is 6.54 Å². The zero-order chi connectivity index (χ0) is 15.5. The van der Waals surface area contributed by atoms with Crippen LogP contribution >= 0.6 is 11.6 Å². The smallest absolute Gasteiger partial charge is 0.265 e. The zero-order valence-corrected chi connectivity index (χ0v) is 12.5. The Morgan fingerprint density at radius 1 is 1.29 bits per heavy atom. The number of anilines is 2. The minimum atomic E-state index is -3.94. The first-order valence-electron chi connectivity index (χ1n) is 5.96. The Morgan fingerprint density at radius 3 is 2.57 bits per heavy atom. The van der Waals surface area contributed by atoms with E-state index in [0.717, 1.165) is 24.5 Å². The number of aromatic nitrogens is 2.